The SMILES string of the molecule is CCC(C)[C@@H](N)c1ccc(NC(C)=O)cc1.Cl. The first-order valence-electron chi connectivity index (χ1n) is 5.67. The quantitative estimate of drug-likeness (QED) is 0.870. The second kappa shape index (κ2) is 7.30. The summed E-state index contributed by atoms with van der Waals surface area (Å²) in [4.78, 5) is 10.9. The van der Waals surface area contributed by atoms with Crippen molar-refractivity contribution in [2.75, 3.05) is 5.32 Å². The highest BCUT2D eigenvalue weighted by molar-refractivity contribution is 5.88. The molecule has 17 heavy (non-hydrogen) atoms. The number of benzene rings is 1. The number of nitrogens with two attached hydrogens (primary N) is 1. The molecule has 0 aromatic heterocycles. The van der Waals surface area contributed by atoms with Crippen LogP contribution in [0.25, 0.3) is 0 Å². The van der Waals surface area contributed by atoms with Gasteiger partial charge in [-0.1, -0.05) is 32.4 Å². The van der Waals surface area contributed by atoms with Gasteiger partial charge >= 0.3 is 0 Å². The van der Waals surface area contributed by atoms with Crippen molar-refractivity contribution in [3.05, 3.63) is 29.8 Å². The minimum Gasteiger partial charge on any atom is -0.326 e. The molecule has 1 aromatic carbocycles. The third-order valence-electron chi connectivity index (χ3n) is 2.87. The van der Waals surface area contributed by atoms with Crippen LogP contribution < -0.4 is 11.1 Å². The molecule has 0 heterocycles. The first kappa shape index (κ1) is 15.9. The topological polar surface area (TPSA) is 55.1 Å². The molecule has 1 aromatic rings. The van der Waals surface area contributed by atoms with Crippen LogP contribution in [0.5, 0.6) is 0 Å². The van der Waals surface area contributed by atoms with Crippen molar-refractivity contribution in [1.82, 2.24) is 0 Å². The highest BCUT2D eigenvalue weighted by atomic mass is 35.5. The molecule has 2 atom stereocenters. The summed E-state index contributed by atoms with van der Waals surface area (Å²) in [5.74, 6) is 0.408. The molecular weight excluding hydrogens is 236 g/mol. The fourth-order valence-electron chi connectivity index (χ4n) is 1.57. The van der Waals surface area contributed by atoms with Crippen molar-refractivity contribution < 1.29 is 4.79 Å². The summed E-state index contributed by atoms with van der Waals surface area (Å²) in [6.45, 7) is 5.78. The van der Waals surface area contributed by atoms with E-state index in [0.29, 0.717) is 5.92 Å². The second-order valence-electron chi connectivity index (χ2n) is 4.21. The summed E-state index contributed by atoms with van der Waals surface area (Å²) in [5, 5.41) is 2.73. The van der Waals surface area contributed by atoms with Gasteiger partial charge < -0.3 is 11.1 Å². The van der Waals surface area contributed by atoms with Gasteiger partial charge in [0.1, 0.15) is 0 Å². The molecule has 0 aliphatic carbocycles. The van der Waals surface area contributed by atoms with Gasteiger partial charge in [0.2, 0.25) is 5.91 Å². The Hall–Kier alpha value is -1.06. The molecule has 0 spiro atoms. The zero-order valence-corrected chi connectivity index (χ0v) is 11.4. The molecule has 0 bridgehead atoms. The van der Waals surface area contributed by atoms with E-state index < -0.39 is 0 Å². The van der Waals surface area contributed by atoms with Gasteiger partial charge in [-0.3, -0.25) is 4.79 Å². The normalized spacial score (nSPS) is 13.4. The number of hydrogen-bond acceptors (Lipinski definition) is 2. The Balaban J connectivity index is 0.00000256. The third kappa shape index (κ3) is 4.75. The number of rotatable bonds is 4. The largest absolute Gasteiger partial charge is 0.326 e. The van der Waals surface area contributed by atoms with E-state index in [9.17, 15) is 4.79 Å². The van der Waals surface area contributed by atoms with Gasteiger partial charge in [-0.05, 0) is 23.6 Å². The van der Waals surface area contributed by atoms with Crippen LogP contribution in [0.15, 0.2) is 24.3 Å². The smallest absolute Gasteiger partial charge is 0.221 e. The van der Waals surface area contributed by atoms with E-state index in [1.165, 1.54) is 6.92 Å². The van der Waals surface area contributed by atoms with Crippen molar-refractivity contribution >= 4 is 24.0 Å². The number of hydrogen-bond donors (Lipinski definition) is 2. The number of nitrogens with one attached hydrogen (secondary N) is 1. The summed E-state index contributed by atoms with van der Waals surface area (Å²) < 4.78 is 0. The Morgan fingerprint density at radius 1 is 1.35 bits per heavy atom. The average Bonchev–Trinajstić information content (AvgIpc) is 2.27. The minimum atomic E-state index is -0.0565. The molecule has 1 unspecified atom stereocenters. The van der Waals surface area contributed by atoms with E-state index in [-0.39, 0.29) is 24.4 Å². The Morgan fingerprint density at radius 3 is 2.29 bits per heavy atom. The van der Waals surface area contributed by atoms with Crippen molar-refractivity contribution in [3.63, 3.8) is 0 Å². The van der Waals surface area contributed by atoms with Gasteiger partial charge in [-0.15, -0.1) is 12.4 Å². The van der Waals surface area contributed by atoms with Gasteiger partial charge in [0.15, 0.2) is 0 Å². The van der Waals surface area contributed by atoms with Crippen LogP contribution in [0.2, 0.25) is 0 Å². The molecule has 96 valence electrons. The molecule has 0 aliphatic rings. The molecule has 0 radical (unpaired) electrons. The Labute approximate surface area is 109 Å². The highest BCUT2D eigenvalue weighted by Crippen LogP contribution is 2.22. The first-order valence-corrected chi connectivity index (χ1v) is 5.67. The molecule has 0 saturated carbocycles. The monoisotopic (exact) mass is 256 g/mol. The van der Waals surface area contributed by atoms with Gasteiger partial charge in [0, 0.05) is 18.7 Å². The molecule has 3 N–H and O–H groups in total. The van der Waals surface area contributed by atoms with Crippen molar-refractivity contribution in [2.45, 2.75) is 33.2 Å². The van der Waals surface area contributed by atoms with Gasteiger partial charge in [-0.2, -0.15) is 0 Å². The van der Waals surface area contributed by atoms with Gasteiger partial charge in [0.25, 0.3) is 0 Å². The summed E-state index contributed by atoms with van der Waals surface area (Å²) in [5.41, 5.74) is 8.04. The van der Waals surface area contributed by atoms with Crippen LogP contribution in [0.3, 0.4) is 0 Å². The first-order chi connectivity index (χ1) is 7.54. The van der Waals surface area contributed by atoms with E-state index in [4.69, 9.17) is 5.73 Å². The summed E-state index contributed by atoms with van der Waals surface area (Å²) in [6, 6.07) is 7.79. The number of carbonyl (C=O) groups is 1. The zero-order valence-electron chi connectivity index (χ0n) is 10.6. The lowest BCUT2D eigenvalue weighted by Gasteiger charge is -2.18. The van der Waals surface area contributed by atoms with E-state index in [1.807, 2.05) is 24.3 Å². The maximum absolute atomic E-state index is 10.9. The van der Waals surface area contributed by atoms with E-state index >= 15 is 0 Å². The lowest BCUT2D eigenvalue weighted by Crippen LogP contribution is -2.18. The zero-order chi connectivity index (χ0) is 12.1. The lowest BCUT2D eigenvalue weighted by molar-refractivity contribution is -0.114. The number of halogens is 1. The van der Waals surface area contributed by atoms with Crippen LogP contribution in [-0.4, -0.2) is 5.91 Å². The predicted molar refractivity (Wildman–Crippen MR) is 74.4 cm³/mol. The fraction of sp³-hybridized carbons (Fsp3) is 0.462. The molecule has 0 aliphatic heterocycles. The standard InChI is InChI=1S/C13H20N2O.ClH/c1-4-9(2)13(14)11-5-7-12(8-6-11)15-10(3)16;/h5-9,13H,4,14H2,1-3H3,(H,15,16);1H/t9?,13-;/m1./s1. The summed E-state index contributed by atoms with van der Waals surface area (Å²) >= 11 is 0. The maximum Gasteiger partial charge on any atom is 0.221 e. The van der Waals surface area contributed by atoms with Gasteiger partial charge in [0.05, 0.1) is 0 Å². The van der Waals surface area contributed by atoms with E-state index in [2.05, 4.69) is 19.2 Å². The van der Waals surface area contributed by atoms with E-state index in [0.717, 1.165) is 17.7 Å². The number of carbonyl (C=O) groups excluding carboxylic acids is 1. The van der Waals surface area contributed by atoms with Gasteiger partial charge in [-0.25, -0.2) is 0 Å². The molecule has 0 saturated heterocycles. The molecule has 1 rings (SSSR count). The van der Waals surface area contributed by atoms with Crippen LogP contribution in [-0.2, 0) is 4.79 Å². The number of anilines is 1. The molecule has 3 nitrogen and oxygen atoms in total. The van der Waals surface area contributed by atoms with Crippen molar-refractivity contribution in [2.24, 2.45) is 11.7 Å². The van der Waals surface area contributed by atoms with Crippen molar-refractivity contribution in [3.8, 4) is 0 Å². The van der Waals surface area contributed by atoms with Crippen molar-refractivity contribution in [1.29, 1.82) is 0 Å². The Kier molecular flexibility index (Phi) is 6.85. The minimum absolute atomic E-state index is 0. The molecule has 1 amide bonds. The maximum atomic E-state index is 10.9. The fourth-order valence-corrected chi connectivity index (χ4v) is 1.57. The second-order valence-corrected chi connectivity index (χ2v) is 4.21. The molecule has 4 heteroatoms. The summed E-state index contributed by atoms with van der Waals surface area (Å²) in [6.07, 6.45) is 1.06. The lowest BCUT2D eigenvalue weighted by atomic mass is 9.93. The average molecular weight is 257 g/mol. The molecular formula is C13H21ClN2O. The number of amides is 1. The highest BCUT2D eigenvalue weighted by Gasteiger charge is 2.12. The predicted octanol–water partition coefficient (Wildman–Crippen LogP) is 3.11. The van der Waals surface area contributed by atoms with Crippen LogP contribution in [0.1, 0.15) is 38.8 Å². The Bertz CT molecular complexity index is 351. The van der Waals surface area contributed by atoms with Crippen LogP contribution >= 0.6 is 12.4 Å². The van der Waals surface area contributed by atoms with Crippen LogP contribution in [0.4, 0.5) is 5.69 Å². The van der Waals surface area contributed by atoms with Crippen LogP contribution in [0, 0.1) is 5.92 Å². The Morgan fingerprint density at radius 2 is 1.88 bits per heavy atom. The summed E-state index contributed by atoms with van der Waals surface area (Å²) in [7, 11) is 0. The molecule has 0 fully saturated rings. The van der Waals surface area contributed by atoms with E-state index in [1.54, 1.807) is 0 Å². The third-order valence-corrected chi connectivity index (χ3v) is 2.87.